The molecule has 1 aromatic carbocycles. The third kappa shape index (κ3) is 5.27. The van der Waals surface area contributed by atoms with Gasteiger partial charge in [0, 0.05) is 6.54 Å². The van der Waals surface area contributed by atoms with E-state index in [1.807, 2.05) is 0 Å². The number of ether oxygens (including phenoxy) is 1. The highest BCUT2D eigenvalue weighted by molar-refractivity contribution is 5.88. The first kappa shape index (κ1) is 18.4. The van der Waals surface area contributed by atoms with Crippen molar-refractivity contribution in [3.8, 4) is 0 Å². The number of hydrogen-bond donors (Lipinski definition) is 3. The van der Waals surface area contributed by atoms with Gasteiger partial charge < -0.3 is 15.8 Å². The topological polar surface area (TPSA) is 89.3 Å². The number of pyridine rings is 1. The van der Waals surface area contributed by atoms with Crippen LogP contribution in [0.4, 0.5) is 35.3 Å². The largest absolute Gasteiger partial charge is 0.450 e. The molecule has 0 spiro atoms. The lowest BCUT2D eigenvalue weighted by atomic mass is 10.1. The van der Waals surface area contributed by atoms with E-state index in [9.17, 15) is 18.0 Å². The summed E-state index contributed by atoms with van der Waals surface area (Å²) in [5, 5.41) is 5.32. The van der Waals surface area contributed by atoms with E-state index in [0.29, 0.717) is 11.4 Å². The molecule has 1 heterocycles. The second kappa shape index (κ2) is 7.73. The molecule has 0 unspecified atom stereocenters. The molecule has 134 valence electrons. The number of nitrogen functional groups attached to an aromatic ring is 1. The Morgan fingerprint density at radius 3 is 2.68 bits per heavy atom. The molecule has 1 amide bonds. The maximum absolute atomic E-state index is 12.7. The van der Waals surface area contributed by atoms with E-state index < -0.39 is 17.8 Å². The van der Waals surface area contributed by atoms with Gasteiger partial charge in [-0.3, -0.25) is 5.32 Å². The van der Waals surface area contributed by atoms with E-state index in [1.54, 1.807) is 19.1 Å². The summed E-state index contributed by atoms with van der Waals surface area (Å²) in [7, 11) is 0. The van der Waals surface area contributed by atoms with Crippen LogP contribution in [0.5, 0.6) is 0 Å². The van der Waals surface area contributed by atoms with Crippen molar-refractivity contribution in [3.05, 3.63) is 47.5 Å². The normalized spacial score (nSPS) is 11.0. The fraction of sp³-hybridized carbons (Fsp3) is 0.250. The van der Waals surface area contributed by atoms with E-state index in [1.165, 1.54) is 12.1 Å². The fourth-order valence-corrected chi connectivity index (χ4v) is 2.01. The van der Waals surface area contributed by atoms with Crippen molar-refractivity contribution in [2.45, 2.75) is 19.6 Å². The number of amides is 1. The average Bonchev–Trinajstić information content (AvgIpc) is 2.55. The molecule has 0 aliphatic carbocycles. The molecule has 6 nitrogen and oxygen atoms in total. The summed E-state index contributed by atoms with van der Waals surface area (Å²) in [6, 6.07) is 8.05. The van der Waals surface area contributed by atoms with Crippen molar-refractivity contribution in [1.29, 1.82) is 0 Å². The van der Waals surface area contributed by atoms with Crippen molar-refractivity contribution in [2.24, 2.45) is 0 Å². The van der Waals surface area contributed by atoms with Gasteiger partial charge in [0.1, 0.15) is 11.6 Å². The quantitative estimate of drug-likeness (QED) is 0.759. The van der Waals surface area contributed by atoms with Crippen molar-refractivity contribution >= 4 is 23.4 Å². The minimum atomic E-state index is -4.39. The number of anilines is 3. The highest BCUT2D eigenvalue weighted by Gasteiger charge is 2.30. The number of benzene rings is 1. The molecule has 2 aromatic rings. The smallest absolute Gasteiger partial charge is 0.416 e. The van der Waals surface area contributed by atoms with Gasteiger partial charge in [0.05, 0.1) is 17.9 Å². The van der Waals surface area contributed by atoms with Gasteiger partial charge in [0.2, 0.25) is 0 Å². The van der Waals surface area contributed by atoms with Crippen molar-refractivity contribution in [2.75, 3.05) is 23.0 Å². The second-order valence-electron chi connectivity index (χ2n) is 5.03. The molecule has 0 saturated heterocycles. The zero-order valence-corrected chi connectivity index (χ0v) is 13.4. The van der Waals surface area contributed by atoms with Crippen molar-refractivity contribution < 1.29 is 22.7 Å². The Morgan fingerprint density at radius 1 is 1.28 bits per heavy atom. The van der Waals surface area contributed by atoms with Crippen molar-refractivity contribution in [3.63, 3.8) is 0 Å². The first-order valence-electron chi connectivity index (χ1n) is 7.40. The Hall–Kier alpha value is -2.97. The Labute approximate surface area is 142 Å². The Balaban J connectivity index is 2.02. The van der Waals surface area contributed by atoms with Crippen molar-refractivity contribution in [1.82, 2.24) is 4.98 Å². The molecule has 4 N–H and O–H groups in total. The van der Waals surface area contributed by atoms with E-state index in [0.717, 1.165) is 12.1 Å². The predicted molar refractivity (Wildman–Crippen MR) is 88.1 cm³/mol. The predicted octanol–water partition coefficient (Wildman–Crippen LogP) is 3.86. The number of nitrogens with one attached hydrogen (secondary N) is 2. The number of aromatic nitrogens is 1. The number of hydrogen-bond acceptors (Lipinski definition) is 5. The maximum Gasteiger partial charge on any atom is 0.416 e. The summed E-state index contributed by atoms with van der Waals surface area (Å²) in [6.07, 6.45) is -5.04. The summed E-state index contributed by atoms with van der Waals surface area (Å²) in [4.78, 5) is 15.4. The summed E-state index contributed by atoms with van der Waals surface area (Å²) in [6.45, 7) is 2.03. The fourth-order valence-electron chi connectivity index (χ4n) is 2.01. The van der Waals surface area contributed by atoms with Crippen LogP contribution in [-0.2, 0) is 17.5 Å². The molecule has 0 aliphatic rings. The number of halogens is 3. The Bertz CT molecular complexity index is 750. The van der Waals surface area contributed by atoms with Gasteiger partial charge in [0.15, 0.2) is 0 Å². The van der Waals surface area contributed by atoms with Gasteiger partial charge in [-0.05, 0) is 36.8 Å². The van der Waals surface area contributed by atoms with Crippen LogP contribution >= 0.6 is 0 Å². The standard InChI is InChI=1S/C16H17F3N4O2/c1-2-25-15(24)22-12-6-7-13(23-14(12)20)21-9-10-4-3-5-11(8-10)16(17,18)19/h3-8H,2,9H2,1H3,(H,22,24)(H3,20,21,23). The third-order valence-electron chi connectivity index (χ3n) is 3.16. The highest BCUT2D eigenvalue weighted by Crippen LogP contribution is 2.29. The Kier molecular flexibility index (Phi) is 5.68. The molecule has 0 radical (unpaired) electrons. The maximum atomic E-state index is 12.7. The van der Waals surface area contributed by atoms with Gasteiger partial charge >= 0.3 is 12.3 Å². The van der Waals surface area contributed by atoms with Crippen LogP contribution in [0.25, 0.3) is 0 Å². The second-order valence-corrected chi connectivity index (χ2v) is 5.03. The SMILES string of the molecule is CCOC(=O)Nc1ccc(NCc2cccc(C(F)(F)F)c2)nc1N. The summed E-state index contributed by atoms with van der Waals surface area (Å²) < 4.78 is 42.8. The zero-order chi connectivity index (χ0) is 18.4. The number of rotatable bonds is 5. The zero-order valence-electron chi connectivity index (χ0n) is 13.4. The van der Waals surface area contributed by atoms with E-state index >= 15 is 0 Å². The van der Waals surface area contributed by atoms with Crippen LogP contribution < -0.4 is 16.4 Å². The molecular weight excluding hydrogens is 337 g/mol. The molecular formula is C16H17F3N4O2. The Morgan fingerprint density at radius 2 is 2.04 bits per heavy atom. The summed E-state index contributed by atoms with van der Waals surface area (Å²) in [5.41, 5.74) is 5.76. The van der Waals surface area contributed by atoms with Crippen LogP contribution in [0.2, 0.25) is 0 Å². The first-order valence-corrected chi connectivity index (χ1v) is 7.40. The van der Waals surface area contributed by atoms with Crippen LogP contribution in [0.1, 0.15) is 18.1 Å². The molecule has 9 heteroatoms. The van der Waals surface area contributed by atoms with E-state index in [4.69, 9.17) is 10.5 Å². The lowest BCUT2D eigenvalue weighted by Crippen LogP contribution is -2.15. The van der Waals surface area contributed by atoms with Gasteiger partial charge in [-0.1, -0.05) is 12.1 Å². The molecule has 25 heavy (non-hydrogen) atoms. The highest BCUT2D eigenvalue weighted by atomic mass is 19.4. The number of carbonyl (C=O) groups excluding carboxylic acids is 1. The number of carbonyl (C=O) groups is 1. The molecule has 0 saturated carbocycles. The number of nitrogens with two attached hydrogens (primary N) is 1. The number of nitrogens with zero attached hydrogens (tertiary/aromatic N) is 1. The minimum absolute atomic E-state index is 0.0575. The van der Waals surface area contributed by atoms with E-state index in [2.05, 4.69) is 15.6 Å². The van der Waals surface area contributed by atoms with Crippen LogP contribution in [0, 0.1) is 0 Å². The number of alkyl halides is 3. The average molecular weight is 354 g/mol. The lowest BCUT2D eigenvalue weighted by Gasteiger charge is -2.12. The summed E-state index contributed by atoms with van der Waals surface area (Å²) >= 11 is 0. The molecule has 2 rings (SSSR count). The lowest BCUT2D eigenvalue weighted by molar-refractivity contribution is -0.137. The molecule has 0 bridgehead atoms. The van der Waals surface area contributed by atoms with Gasteiger partial charge in [-0.2, -0.15) is 13.2 Å². The van der Waals surface area contributed by atoms with Crippen LogP contribution in [-0.4, -0.2) is 17.7 Å². The third-order valence-corrected chi connectivity index (χ3v) is 3.16. The summed E-state index contributed by atoms with van der Waals surface area (Å²) in [5.74, 6) is 0.423. The monoisotopic (exact) mass is 354 g/mol. The molecule has 0 atom stereocenters. The van der Waals surface area contributed by atoms with Crippen LogP contribution in [0.3, 0.4) is 0 Å². The van der Waals surface area contributed by atoms with E-state index in [-0.39, 0.29) is 24.7 Å². The van der Waals surface area contributed by atoms with Gasteiger partial charge in [-0.15, -0.1) is 0 Å². The van der Waals surface area contributed by atoms with Gasteiger partial charge in [0.25, 0.3) is 0 Å². The molecule has 0 fully saturated rings. The first-order chi connectivity index (χ1) is 11.8. The molecule has 1 aromatic heterocycles. The van der Waals surface area contributed by atoms with Crippen LogP contribution in [0.15, 0.2) is 36.4 Å². The minimum Gasteiger partial charge on any atom is -0.450 e. The van der Waals surface area contributed by atoms with Gasteiger partial charge in [-0.25, -0.2) is 9.78 Å². The molecule has 0 aliphatic heterocycles.